The highest BCUT2D eigenvalue weighted by Gasteiger charge is 2.72. The summed E-state index contributed by atoms with van der Waals surface area (Å²) in [5.41, 5.74) is 3.57. The van der Waals surface area contributed by atoms with Crippen LogP contribution in [0.4, 0.5) is 0 Å². The first kappa shape index (κ1) is 16.8. The highest BCUT2D eigenvalue weighted by Crippen LogP contribution is 2.63. The van der Waals surface area contributed by atoms with E-state index < -0.39 is 11.0 Å². The molecule has 7 rings (SSSR count). The molecule has 144 valence electrons. The maximum Gasteiger partial charge on any atom is 0.120 e. The molecule has 1 unspecified atom stereocenters. The van der Waals surface area contributed by atoms with Gasteiger partial charge in [0.2, 0.25) is 0 Å². The molecule has 0 amide bonds. The molecule has 3 heterocycles. The van der Waals surface area contributed by atoms with Crippen molar-refractivity contribution in [1.82, 2.24) is 5.32 Å². The Labute approximate surface area is 165 Å². The van der Waals surface area contributed by atoms with Gasteiger partial charge in [-0.3, -0.25) is 0 Å². The van der Waals surface area contributed by atoms with Gasteiger partial charge in [-0.2, -0.15) is 0 Å². The van der Waals surface area contributed by atoms with Crippen molar-refractivity contribution in [1.29, 1.82) is 0 Å². The molecule has 5 aliphatic rings. The lowest BCUT2D eigenvalue weighted by Crippen LogP contribution is -2.81. The Kier molecular flexibility index (Phi) is 3.41. The molecule has 5 atom stereocenters. The third-order valence-corrected chi connectivity index (χ3v) is 7.49. The summed E-state index contributed by atoms with van der Waals surface area (Å²) >= 11 is 0. The smallest absolute Gasteiger partial charge is 0.120 e. The molecule has 28 heavy (non-hydrogen) atoms. The van der Waals surface area contributed by atoms with Crippen molar-refractivity contribution >= 4 is 0 Å². The van der Waals surface area contributed by atoms with Gasteiger partial charge in [0.05, 0.1) is 23.2 Å². The Bertz CT molecular complexity index is 958. The molecule has 2 N–H and O–H groups in total. The summed E-state index contributed by atoms with van der Waals surface area (Å²) in [5.74, 6) is 0.850. The highest BCUT2D eigenvalue weighted by molar-refractivity contribution is 5.54. The number of nitrogens with one attached hydrogen (secondary N) is 1. The van der Waals surface area contributed by atoms with Crippen LogP contribution in [0.25, 0.3) is 0 Å². The molecule has 4 heteroatoms. The van der Waals surface area contributed by atoms with E-state index in [4.69, 9.17) is 9.47 Å². The molecule has 1 saturated carbocycles. The molecule has 3 saturated heterocycles. The van der Waals surface area contributed by atoms with Gasteiger partial charge in [0, 0.05) is 12.5 Å². The van der Waals surface area contributed by atoms with Crippen LogP contribution >= 0.6 is 0 Å². The topological polar surface area (TPSA) is 50.7 Å². The van der Waals surface area contributed by atoms with E-state index in [9.17, 15) is 5.11 Å². The zero-order valence-corrected chi connectivity index (χ0v) is 15.9. The summed E-state index contributed by atoms with van der Waals surface area (Å²) in [6.07, 6.45) is 2.24. The Balaban J connectivity index is 1.41. The minimum atomic E-state index is -0.787. The first-order valence-electron chi connectivity index (χ1n) is 10.2. The van der Waals surface area contributed by atoms with Gasteiger partial charge in [-0.25, -0.2) is 0 Å². The molecule has 2 aromatic rings. The second-order valence-electron chi connectivity index (χ2n) is 8.73. The van der Waals surface area contributed by atoms with Crippen LogP contribution in [0.15, 0.2) is 60.7 Å². The SMILES string of the molecule is C=C1C2C[C@@]3(O)[C@H]4Cc5ccc(OCc6ccccc6)cc5[C@@]3(CCN4)[C@H]1O2. The second-order valence-corrected chi connectivity index (χ2v) is 8.73. The summed E-state index contributed by atoms with van der Waals surface area (Å²) in [6, 6.07) is 16.7. The molecule has 0 radical (unpaired) electrons. The molecule has 4 fully saturated rings. The van der Waals surface area contributed by atoms with Crippen LogP contribution in [0.2, 0.25) is 0 Å². The van der Waals surface area contributed by atoms with Crippen molar-refractivity contribution < 1.29 is 14.6 Å². The monoisotopic (exact) mass is 375 g/mol. The number of fused-ring (bicyclic) bond motifs is 1. The van der Waals surface area contributed by atoms with Crippen molar-refractivity contribution in [3.05, 3.63) is 77.4 Å². The molecule has 3 aliphatic heterocycles. The number of aliphatic hydroxyl groups is 1. The van der Waals surface area contributed by atoms with Crippen LogP contribution in [0.1, 0.15) is 29.5 Å². The van der Waals surface area contributed by atoms with E-state index in [-0.39, 0.29) is 18.2 Å². The fourth-order valence-electron chi connectivity index (χ4n) is 6.10. The Morgan fingerprint density at radius 2 is 2.07 bits per heavy atom. The summed E-state index contributed by atoms with van der Waals surface area (Å²) < 4.78 is 12.3. The van der Waals surface area contributed by atoms with Crippen LogP contribution in [0, 0.1) is 0 Å². The fourth-order valence-corrected chi connectivity index (χ4v) is 6.10. The minimum absolute atomic E-state index is 0.00425. The number of benzene rings is 2. The van der Waals surface area contributed by atoms with E-state index in [1.807, 2.05) is 18.2 Å². The van der Waals surface area contributed by atoms with Crippen LogP contribution in [-0.4, -0.2) is 35.5 Å². The van der Waals surface area contributed by atoms with Crippen LogP contribution in [0.3, 0.4) is 0 Å². The molecule has 2 aliphatic carbocycles. The van der Waals surface area contributed by atoms with E-state index in [1.165, 1.54) is 11.1 Å². The quantitative estimate of drug-likeness (QED) is 0.810. The maximum absolute atomic E-state index is 11.9. The first-order chi connectivity index (χ1) is 13.6. The van der Waals surface area contributed by atoms with E-state index in [0.29, 0.717) is 13.0 Å². The summed E-state index contributed by atoms with van der Waals surface area (Å²) in [6.45, 7) is 5.72. The zero-order chi connectivity index (χ0) is 18.9. The highest BCUT2D eigenvalue weighted by atomic mass is 16.5. The van der Waals surface area contributed by atoms with Crippen molar-refractivity contribution in [2.24, 2.45) is 0 Å². The average molecular weight is 375 g/mol. The van der Waals surface area contributed by atoms with Crippen LogP contribution in [-0.2, 0) is 23.2 Å². The normalized spacial score (nSPS) is 37.5. The molecular formula is C24H25NO3. The third-order valence-electron chi connectivity index (χ3n) is 7.49. The van der Waals surface area contributed by atoms with Gasteiger partial charge >= 0.3 is 0 Å². The Morgan fingerprint density at radius 1 is 1.21 bits per heavy atom. The lowest BCUT2D eigenvalue weighted by atomic mass is 9.46. The zero-order valence-electron chi connectivity index (χ0n) is 15.9. The van der Waals surface area contributed by atoms with Gasteiger partial charge in [-0.1, -0.05) is 43.0 Å². The van der Waals surface area contributed by atoms with Crippen molar-refractivity contribution in [3.63, 3.8) is 0 Å². The van der Waals surface area contributed by atoms with E-state index in [0.717, 1.165) is 36.3 Å². The summed E-state index contributed by atoms with van der Waals surface area (Å²) in [5, 5.41) is 15.5. The van der Waals surface area contributed by atoms with Crippen molar-refractivity contribution in [3.8, 4) is 5.75 Å². The van der Waals surface area contributed by atoms with Crippen LogP contribution in [0.5, 0.6) is 5.75 Å². The van der Waals surface area contributed by atoms with Gasteiger partial charge in [0.15, 0.2) is 0 Å². The molecule has 0 spiro atoms. The number of piperidine rings is 1. The van der Waals surface area contributed by atoms with Gasteiger partial charge < -0.3 is 19.9 Å². The van der Waals surface area contributed by atoms with E-state index in [2.05, 4.69) is 42.2 Å². The Hall–Kier alpha value is -2.14. The largest absolute Gasteiger partial charge is 0.489 e. The lowest BCUT2D eigenvalue weighted by molar-refractivity contribution is -0.255. The number of hydrogen-bond donors (Lipinski definition) is 2. The second kappa shape index (κ2) is 5.69. The summed E-state index contributed by atoms with van der Waals surface area (Å²) in [4.78, 5) is 0. The van der Waals surface area contributed by atoms with Gasteiger partial charge in [-0.05, 0) is 53.8 Å². The first-order valence-corrected chi connectivity index (χ1v) is 10.2. The van der Waals surface area contributed by atoms with Crippen molar-refractivity contribution in [2.75, 3.05) is 6.54 Å². The standard InChI is InChI=1S/C24H25NO3/c1-15-20-13-24(26)21-11-17-7-8-18(27-14-16-5-3-2-4-6-16)12-19(17)23(24,9-10-25-21)22(15)28-20/h2-8,12,20-22,25-26H,1,9-11,13-14H2/t20?,21-,22+,23+,24-/m1/s1. The van der Waals surface area contributed by atoms with Gasteiger partial charge in [0.1, 0.15) is 12.4 Å². The van der Waals surface area contributed by atoms with Gasteiger partial charge in [-0.15, -0.1) is 0 Å². The average Bonchev–Trinajstić information content (AvgIpc) is 2.72. The summed E-state index contributed by atoms with van der Waals surface area (Å²) in [7, 11) is 0. The van der Waals surface area contributed by atoms with Crippen molar-refractivity contribution in [2.45, 2.75) is 55.1 Å². The van der Waals surface area contributed by atoms with E-state index in [1.54, 1.807) is 0 Å². The molecule has 4 nitrogen and oxygen atoms in total. The molecule has 0 aromatic heterocycles. The molecular weight excluding hydrogens is 350 g/mol. The molecule has 2 aromatic carbocycles. The van der Waals surface area contributed by atoms with Gasteiger partial charge in [0.25, 0.3) is 0 Å². The predicted molar refractivity (Wildman–Crippen MR) is 106 cm³/mol. The number of ether oxygens (including phenoxy) is 2. The minimum Gasteiger partial charge on any atom is -0.489 e. The maximum atomic E-state index is 11.9. The third kappa shape index (κ3) is 2.00. The number of rotatable bonds is 3. The lowest BCUT2D eigenvalue weighted by Gasteiger charge is -2.69. The Morgan fingerprint density at radius 3 is 2.89 bits per heavy atom. The predicted octanol–water partition coefficient (Wildman–Crippen LogP) is 2.88. The molecule has 4 bridgehead atoms. The van der Waals surface area contributed by atoms with Crippen LogP contribution < -0.4 is 10.1 Å². The number of hydrogen-bond acceptors (Lipinski definition) is 4. The fraction of sp³-hybridized carbons (Fsp3) is 0.417. The van der Waals surface area contributed by atoms with E-state index >= 15 is 0 Å².